The van der Waals surface area contributed by atoms with Crippen molar-refractivity contribution in [2.24, 2.45) is 0 Å². The van der Waals surface area contributed by atoms with Crippen LogP contribution in [0.5, 0.6) is 0 Å². The first-order valence-electron chi connectivity index (χ1n) is 4.96. The lowest BCUT2D eigenvalue weighted by molar-refractivity contribution is 0.102. The van der Waals surface area contributed by atoms with E-state index in [2.05, 4.69) is 10.3 Å². The highest BCUT2D eigenvalue weighted by Crippen LogP contribution is 2.25. The van der Waals surface area contributed by atoms with Crippen molar-refractivity contribution in [3.05, 3.63) is 58.1 Å². The van der Waals surface area contributed by atoms with Crippen LogP contribution in [0, 0.1) is 5.82 Å². The Morgan fingerprint density at radius 1 is 1.17 bits per heavy atom. The summed E-state index contributed by atoms with van der Waals surface area (Å²) in [5.41, 5.74) is 0.00719. The third kappa shape index (κ3) is 2.78. The minimum atomic E-state index is -0.613. The van der Waals surface area contributed by atoms with Crippen molar-refractivity contribution in [1.29, 1.82) is 0 Å². The summed E-state index contributed by atoms with van der Waals surface area (Å²) in [6.45, 7) is 0. The van der Waals surface area contributed by atoms with Gasteiger partial charge in [0.1, 0.15) is 16.7 Å². The minimum absolute atomic E-state index is 0.0778. The van der Waals surface area contributed by atoms with Crippen LogP contribution in [-0.2, 0) is 0 Å². The summed E-state index contributed by atoms with van der Waals surface area (Å²) in [5.74, 6) is -1.19. The van der Waals surface area contributed by atoms with E-state index in [1.54, 1.807) is 6.07 Å². The van der Waals surface area contributed by atoms with Crippen molar-refractivity contribution in [1.82, 2.24) is 4.98 Å². The SMILES string of the molecule is O=C(Nc1c(F)cccc1Cl)c1cccc(Cl)n1. The molecular weight excluding hydrogens is 278 g/mol. The maximum absolute atomic E-state index is 13.5. The van der Waals surface area contributed by atoms with Crippen molar-refractivity contribution in [3.8, 4) is 0 Å². The number of hydrogen-bond donors (Lipinski definition) is 1. The second-order valence-electron chi connectivity index (χ2n) is 3.40. The molecule has 1 aromatic heterocycles. The molecule has 2 aromatic rings. The smallest absolute Gasteiger partial charge is 0.274 e. The summed E-state index contributed by atoms with van der Waals surface area (Å²) in [4.78, 5) is 15.6. The predicted molar refractivity (Wildman–Crippen MR) is 68.6 cm³/mol. The fourth-order valence-corrected chi connectivity index (χ4v) is 1.70. The Labute approximate surface area is 113 Å². The number of nitrogens with zero attached hydrogens (tertiary/aromatic N) is 1. The maximum Gasteiger partial charge on any atom is 0.274 e. The van der Waals surface area contributed by atoms with Crippen molar-refractivity contribution in [2.75, 3.05) is 5.32 Å². The molecule has 0 atom stereocenters. The maximum atomic E-state index is 13.5. The van der Waals surface area contributed by atoms with E-state index < -0.39 is 11.7 Å². The second kappa shape index (κ2) is 5.33. The van der Waals surface area contributed by atoms with Gasteiger partial charge in [-0.25, -0.2) is 9.37 Å². The molecule has 0 bridgehead atoms. The van der Waals surface area contributed by atoms with Gasteiger partial charge in [-0.2, -0.15) is 0 Å². The molecule has 0 aliphatic heterocycles. The highest BCUT2D eigenvalue weighted by Gasteiger charge is 2.13. The Balaban J connectivity index is 2.27. The zero-order valence-corrected chi connectivity index (χ0v) is 10.5. The molecule has 0 saturated heterocycles. The molecule has 0 aliphatic rings. The van der Waals surface area contributed by atoms with Gasteiger partial charge in [0.25, 0.3) is 5.91 Å². The molecule has 0 spiro atoms. The molecule has 18 heavy (non-hydrogen) atoms. The highest BCUT2D eigenvalue weighted by atomic mass is 35.5. The standard InChI is InChI=1S/C12H7Cl2FN2O/c13-7-3-1-4-8(15)11(7)17-12(18)9-5-2-6-10(14)16-9/h1-6H,(H,17,18). The van der Waals surface area contributed by atoms with E-state index in [-0.39, 0.29) is 21.6 Å². The molecule has 1 N–H and O–H groups in total. The largest absolute Gasteiger partial charge is 0.317 e. The molecule has 0 fully saturated rings. The Morgan fingerprint density at radius 2 is 1.89 bits per heavy atom. The second-order valence-corrected chi connectivity index (χ2v) is 4.19. The van der Waals surface area contributed by atoms with Crippen LogP contribution in [0.25, 0.3) is 0 Å². The molecule has 1 amide bonds. The average molecular weight is 285 g/mol. The summed E-state index contributed by atoms with van der Waals surface area (Å²) < 4.78 is 13.5. The van der Waals surface area contributed by atoms with E-state index in [0.717, 1.165) is 0 Å². The van der Waals surface area contributed by atoms with Gasteiger partial charge in [0, 0.05) is 0 Å². The number of nitrogens with one attached hydrogen (secondary N) is 1. The lowest BCUT2D eigenvalue weighted by atomic mass is 10.3. The van der Waals surface area contributed by atoms with E-state index in [4.69, 9.17) is 23.2 Å². The van der Waals surface area contributed by atoms with Crippen LogP contribution >= 0.6 is 23.2 Å². The van der Waals surface area contributed by atoms with Gasteiger partial charge in [-0.1, -0.05) is 35.3 Å². The van der Waals surface area contributed by atoms with Crippen LogP contribution in [0.2, 0.25) is 10.2 Å². The number of amides is 1. The highest BCUT2D eigenvalue weighted by molar-refractivity contribution is 6.34. The molecule has 1 heterocycles. The molecule has 1 aromatic carbocycles. The van der Waals surface area contributed by atoms with Crippen molar-refractivity contribution < 1.29 is 9.18 Å². The summed E-state index contributed by atoms with van der Waals surface area (Å²) in [5, 5.41) is 2.65. The van der Waals surface area contributed by atoms with Crippen LogP contribution < -0.4 is 5.32 Å². The number of rotatable bonds is 2. The number of halogens is 3. The van der Waals surface area contributed by atoms with Crippen LogP contribution in [0.1, 0.15) is 10.5 Å². The van der Waals surface area contributed by atoms with Crippen LogP contribution in [0.3, 0.4) is 0 Å². The van der Waals surface area contributed by atoms with Gasteiger partial charge >= 0.3 is 0 Å². The summed E-state index contributed by atoms with van der Waals surface area (Å²) >= 11 is 11.5. The number of hydrogen-bond acceptors (Lipinski definition) is 2. The molecule has 3 nitrogen and oxygen atoms in total. The molecular formula is C12H7Cl2FN2O. The van der Waals surface area contributed by atoms with Gasteiger partial charge in [0.05, 0.1) is 10.7 Å². The number of anilines is 1. The van der Waals surface area contributed by atoms with E-state index in [1.807, 2.05) is 0 Å². The van der Waals surface area contributed by atoms with E-state index >= 15 is 0 Å². The monoisotopic (exact) mass is 284 g/mol. The van der Waals surface area contributed by atoms with Crippen LogP contribution in [0.15, 0.2) is 36.4 Å². The Kier molecular flexibility index (Phi) is 3.79. The van der Waals surface area contributed by atoms with Gasteiger partial charge in [0.15, 0.2) is 0 Å². The molecule has 0 aliphatic carbocycles. The predicted octanol–water partition coefficient (Wildman–Crippen LogP) is 3.78. The topological polar surface area (TPSA) is 42.0 Å². The third-order valence-electron chi connectivity index (χ3n) is 2.15. The van der Waals surface area contributed by atoms with Gasteiger partial charge in [-0.15, -0.1) is 0 Å². The third-order valence-corrected chi connectivity index (χ3v) is 2.67. The van der Waals surface area contributed by atoms with Crippen LogP contribution in [0.4, 0.5) is 10.1 Å². The van der Waals surface area contributed by atoms with E-state index in [1.165, 1.54) is 30.3 Å². The Hall–Kier alpha value is -1.65. The number of aromatic nitrogens is 1. The van der Waals surface area contributed by atoms with Crippen molar-refractivity contribution in [3.63, 3.8) is 0 Å². The average Bonchev–Trinajstić information content (AvgIpc) is 2.34. The van der Waals surface area contributed by atoms with Crippen molar-refractivity contribution >= 4 is 34.8 Å². The molecule has 0 unspecified atom stereocenters. The molecule has 6 heteroatoms. The number of pyridine rings is 1. The summed E-state index contributed by atoms with van der Waals surface area (Å²) in [7, 11) is 0. The van der Waals surface area contributed by atoms with Gasteiger partial charge in [-0.3, -0.25) is 4.79 Å². The number of benzene rings is 1. The number of carbonyl (C=O) groups is 1. The normalized spacial score (nSPS) is 10.2. The zero-order valence-electron chi connectivity index (χ0n) is 8.95. The summed E-state index contributed by atoms with van der Waals surface area (Å²) in [6.07, 6.45) is 0. The Bertz CT molecular complexity index is 584. The quantitative estimate of drug-likeness (QED) is 0.853. The van der Waals surface area contributed by atoms with Gasteiger partial charge in [0.2, 0.25) is 0 Å². The molecule has 2 rings (SSSR count). The number of para-hydroxylation sites is 1. The lowest BCUT2D eigenvalue weighted by Gasteiger charge is -2.07. The molecule has 0 saturated carbocycles. The first kappa shape index (κ1) is 12.8. The fraction of sp³-hybridized carbons (Fsp3) is 0. The molecule has 92 valence electrons. The first-order chi connectivity index (χ1) is 8.58. The fourth-order valence-electron chi connectivity index (χ4n) is 1.33. The van der Waals surface area contributed by atoms with E-state index in [0.29, 0.717) is 0 Å². The van der Waals surface area contributed by atoms with Crippen LogP contribution in [-0.4, -0.2) is 10.9 Å². The lowest BCUT2D eigenvalue weighted by Crippen LogP contribution is -2.14. The van der Waals surface area contributed by atoms with Gasteiger partial charge < -0.3 is 5.32 Å². The summed E-state index contributed by atoms with van der Waals surface area (Å²) in [6, 6.07) is 8.71. The van der Waals surface area contributed by atoms with E-state index in [9.17, 15) is 9.18 Å². The minimum Gasteiger partial charge on any atom is -0.317 e. The zero-order chi connectivity index (χ0) is 13.1. The van der Waals surface area contributed by atoms with Gasteiger partial charge in [-0.05, 0) is 24.3 Å². The Morgan fingerprint density at radius 3 is 2.56 bits per heavy atom. The van der Waals surface area contributed by atoms with Crippen molar-refractivity contribution in [2.45, 2.75) is 0 Å². The first-order valence-corrected chi connectivity index (χ1v) is 5.71. The molecule has 0 radical (unpaired) electrons. The number of carbonyl (C=O) groups excluding carboxylic acids is 1.